The van der Waals surface area contributed by atoms with Crippen molar-refractivity contribution in [2.75, 3.05) is 0 Å². The van der Waals surface area contributed by atoms with Gasteiger partial charge >= 0.3 is 0 Å². The Morgan fingerprint density at radius 2 is 1.93 bits per heavy atom. The van der Waals surface area contributed by atoms with E-state index in [2.05, 4.69) is 38.0 Å². The van der Waals surface area contributed by atoms with E-state index >= 15 is 0 Å². The van der Waals surface area contributed by atoms with E-state index < -0.39 is 13.7 Å². The minimum absolute atomic E-state index is 0.347. The molecule has 1 fully saturated rings. The third-order valence-electron chi connectivity index (χ3n) is 2.91. The van der Waals surface area contributed by atoms with Crippen molar-refractivity contribution in [3.05, 3.63) is 0 Å². The highest BCUT2D eigenvalue weighted by molar-refractivity contribution is 6.83. The maximum Gasteiger partial charge on any atom is 0.129 e. The maximum atomic E-state index is 10.4. The first kappa shape index (κ1) is 11.8. The van der Waals surface area contributed by atoms with Crippen molar-refractivity contribution in [1.29, 1.82) is 0 Å². The topological polar surface area (TPSA) is 20.2 Å². The van der Waals surface area contributed by atoms with Crippen LogP contribution < -0.4 is 0 Å². The highest BCUT2D eigenvalue weighted by Crippen LogP contribution is 2.32. The van der Waals surface area contributed by atoms with E-state index in [-0.39, 0.29) is 0 Å². The number of hydrogen-bond donors (Lipinski definition) is 1. The fraction of sp³-hybridized carbons (Fsp3) is 0.833. The van der Waals surface area contributed by atoms with Gasteiger partial charge in [0.05, 0.1) is 0 Å². The molecule has 0 heterocycles. The molecule has 2 atom stereocenters. The van der Waals surface area contributed by atoms with Crippen LogP contribution in [0.3, 0.4) is 0 Å². The molecule has 0 aromatic heterocycles. The van der Waals surface area contributed by atoms with Gasteiger partial charge in [0.15, 0.2) is 0 Å². The van der Waals surface area contributed by atoms with E-state index in [9.17, 15) is 5.11 Å². The average Bonchev–Trinajstić information content (AvgIpc) is 2.06. The Labute approximate surface area is 88.9 Å². The largest absolute Gasteiger partial charge is 0.377 e. The van der Waals surface area contributed by atoms with E-state index in [0.29, 0.717) is 5.92 Å². The van der Waals surface area contributed by atoms with Crippen molar-refractivity contribution < 1.29 is 5.11 Å². The molecular formula is C12H22OSi. The van der Waals surface area contributed by atoms with Crippen LogP contribution in [0.15, 0.2) is 0 Å². The molecule has 0 radical (unpaired) electrons. The summed E-state index contributed by atoms with van der Waals surface area (Å²) in [5.41, 5.74) is 2.62. The predicted octanol–water partition coefficient (Wildman–Crippen LogP) is 2.81. The van der Waals surface area contributed by atoms with Gasteiger partial charge in [-0.2, -0.15) is 0 Å². The molecule has 0 bridgehead atoms. The lowest BCUT2D eigenvalue weighted by atomic mass is 9.77. The normalized spacial score (nSPS) is 33.4. The zero-order valence-electron chi connectivity index (χ0n) is 9.85. The summed E-state index contributed by atoms with van der Waals surface area (Å²) in [5.74, 6) is 3.50. The van der Waals surface area contributed by atoms with Crippen LogP contribution >= 0.6 is 0 Å². The van der Waals surface area contributed by atoms with Gasteiger partial charge in [-0.1, -0.05) is 38.9 Å². The molecule has 1 N–H and O–H groups in total. The van der Waals surface area contributed by atoms with Gasteiger partial charge in [-0.05, 0) is 25.2 Å². The Hall–Kier alpha value is -0.263. The van der Waals surface area contributed by atoms with Crippen molar-refractivity contribution in [3.8, 4) is 11.5 Å². The molecule has 2 heteroatoms. The van der Waals surface area contributed by atoms with E-state index in [1.165, 1.54) is 6.42 Å². The minimum atomic E-state index is -1.34. The Morgan fingerprint density at radius 1 is 1.29 bits per heavy atom. The summed E-state index contributed by atoms with van der Waals surface area (Å²) < 4.78 is 0. The summed E-state index contributed by atoms with van der Waals surface area (Å²) in [7, 11) is -1.34. The van der Waals surface area contributed by atoms with E-state index in [1.54, 1.807) is 0 Å². The zero-order chi connectivity index (χ0) is 10.8. The second-order valence-corrected chi connectivity index (χ2v) is 10.3. The van der Waals surface area contributed by atoms with Crippen molar-refractivity contribution in [1.82, 2.24) is 0 Å². The summed E-state index contributed by atoms with van der Waals surface area (Å²) in [6, 6.07) is 0. The van der Waals surface area contributed by atoms with Crippen LogP contribution in [0.4, 0.5) is 0 Å². The highest BCUT2D eigenvalue weighted by atomic mass is 28.3. The van der Waals surface area contributed by atoms with Crippen LogP contribution in [0.5, 0.6) is 0 Å². The van der Waals surface area contributed by atoms with Crippen LogP contribution in [0.1, 0.15) is 32.6 Å². The summed E-state index contributed by atoms with van der Waals surface area (Å²) in [6.45, 7) is 8.78. The van der Waals surface area contributed by atoms with Crippen LogP contribution in [0.25, 0.3) is 0 Å². The first-order valence-electron chi connectivity index (χ1n) is 5.60. The Morgan fingerprint density at radius 3 is 2.43 bits per heavy atom. The smallest absolute Gasteiger partial charge is 0.129 e. The first-order valence-corrected chi connectivity index (χ1v) is 9.10. The highest BCUT2D eigenvalue weighted by Gasteiger charge is 2.34. The quantitative estimate of drug-likeness (QED) is 0.481. The second kappa shape index (κ2) is 4.08. The molecule has 80 valence electrons. The van der Waals surface area contributed by atoms with Crippen LogP contribution in [-0.4, -0.2) is 18.8 Å². The maximum absolute atomic E-state index is 10.4. The predicted molar refractivity (Wildman–Crippen MR) is 63.7 cm³/mol. The second-order valence-electron chi connectivity index (χ2n) is 5.57. The van der Waals surface area contributed by atoms with Crippen LogP contribution in [-0.2, 0) is 0 Å². The SMILES string of the molecule is C[C@@H]1CCCC[C@]1(O)C#C[Si](C)(C)C. The molecule has 0 saturated heterocycles. The Balaban J connectivity index is 2.76. The molecule has 1 aliphatic rings. The van der Waals surface area contributed by atoms with Crippen LogP contribution in [0, 0.1) is 17.4 Å². The van der Waals surface area contributed by atoms with E-state index in [4.69, 9.17) is 0 Å². The Kier molecular flexibility index (Phi) is 3.44. The fourth-order valence-corrected chi connectivity index (χ4v) is 2.40. The first-order chi connectivity index (χ1) is 6.33. The number of aliphatic hydroxyl groups is 1. The van der Waals surface area contributed by atoms with Crippen molar-refractivity contribution in [2.24, 2.45) is 5.92 Å². The lowest BCUT2D eigenvalue weighted by Gasteiger charge is -2.34. The molecular weight excluding hydrogens is 188 g/mol. The van der Waals surface area contributed by atoms with E-state index in [0.717, 1.165) is 19.3 Å². The lowest BCUT2D eigenvalue weighted by molar-refractivity contribution is 0.0127. The van der Waals surface area contributed by atoms with Gasteiger partial charge in [0.2, 0.25) is 0 Å². The molecule has 0 aliphatic heterocycles. The molecule has 1 aliphatic carbocycles. The van der Waals surface area contributed by atoms with Crippen LogP contribution in [0.2, 0.25) is 19.6 Å². The van der Waals surface area contributed by atoms with Gasteiger partial charge in [-0.25, -0.2) is 0 Å². The van der Waals surface area contributed by atoms with Gasteiger partial charge in [0, 0.05) is 0 Å². The summed E-state index contributed by atoms with van der Waals surface area (Å²) in [4.78, 5) is 0. The Bertz CT molecular complexity index is 256. The molecule has 0 spiro atoms. The number of hydrogen-bond acceptors (Lipinski definition) is 1. The number of rotatable bonds is 0. The minimum Gasteiger partial charge on any atom is -0.377 e. The van der Waals surface area contributed by atoms with Gasteiger partial charge in [0.1, 0.15) is 13.7 Å². The summed E-state index contributed by atoms with van der Waals surface area (Å²) in [5, 5.41) is 10.4. The zero-order valence-corrected chi connectivity index (χ0v) is 10.9. The fourth-order valence-electron chi connectivity index (χ4n) is 1.81. The van der Waals surface area contributed by atoms with Crippen molar-refractivity contribution >= 4 is 8.07 Å². The van der Waals surface area contributed by atoms with Crippen molar-refractivity contribution in [2.45, 2.75) is 57.8 Å². The third-order valence-corrected chi connectivity index (χ3v) is 3.79. The molecule has 0 amide bonds. The van der Waals surface area contributed by atoms with Crippen molar-refractivity contribution in [3.63, 3.8) is 0 Å². The van der Waals surface area contributed by atoms with Gasteiger partial charge in [0.25, 0.3) is 0 Å². The molecule has 1 nitrogen and oxygen atoms in total. The summed E-state index contributed by atoms with van der Waals surface area (Å²) >= 11 is 0. The van der Waals surface area contributed by atoms with Gasteiger partial charge in [-0.3, -0.25) is 0 Å². The lowest BCUT2D eigenvalue weighted by Crippen LogP contribution is -2.38. The van der Waals surface area contributed by atoms with Gasteiger partial charge in [-0.15, -0.1) is 5.54 Å². The molecule has 0 aromatic carbocycles. The molecule has 0 aromatic rings. The average molecular weight is 210 g/mol. The third kappa shape index (κ3) is 3.15. The molecule has 14 heavy (non-hydrogen) atoms. The molecule has 0 unspecified atom stereocenters. The standard InChI is InChI=1S/C12H22OSi/c1-11-7-5-6-8-12(11,13)9-10-14(2,3)4/h11,13H,5-8H2,1-4H3/t11-,12+/m1/s1. The summed E-state index contributed by atoms with van der Waals surface area (Å²) in [6.07, 6.45) is 4.36. The molecule has 1 saturated carbocycles. The van der Waals surface area contributed by atoms with E-state index in [1.807, 2.05) is 0 Å². The monoisotopic (exact) mass is 210 g/mol. The molecule has 1 rings (SSSR count). The van der Waals surface area contributed by atoms with Gasteiger partial charge < -0.3 is 5.11 Å².